The van der Waals surface area contributed by atoms with Gasteiger partial charge in [-0.25, -0.2) is 4.98 Å². The zero-order valence-electron chi connectivity index (χ0n) is 15.1. The van der Waals surface area contributed by atoms with Gasteiger partial charge in [0.2, 0.25) is 0 Å². The number of rotatable bonds is 4. The number of hydrogen-bond acceptors (Lipinski definition) is 6. The van der Waals surface area contributed by atoms with Crippen LogP contribution in [0.15, 0.2) is 30.7 Å². The Kier molecular flexibility index (Phi) is 4.75. The second-order valence-corrected chi connectivity index (χ2v) is 7.06. The molecule has 6 nitrogen and oxygen atoms in total. The van der Waals surface area contributed by atoms with Crippen molar-refractivity contribution in [2.75, 3.05) is 18.8 Å². The molecule has 26 heavy (non-hydrogen) atoms. The Morgan fingerprint density at radius 2 is 2.08 bits per heavy atom. The van der Waals surface area contributed by atoms with Crippen LogP contribution in [0.4, 0.5) is 5.82 Å². The van der Waals surface area contributed by atoms with E-state index in [0.29, 0.717) is 11.7 Å². The molecule has 3 N–H and O–H groups in total. The van der Waals surface area contributed by atoms with E-state index in [2.05, 4.69) is 20.3 Å². The highest BCUT2D eigenvalue weighted by Crippen LogP contribution is 2.26. The van der Waals surface area contributed by atoms with Gasteiger partial charge < -0.3 is 11.1 Å². The molecular formula is C20H24N6. The van der Waals surface area contributed by atoms with Crippen molar-refractivity contribution in [3.05, 3.63) is 42.0 Å². The van der Waals surface area contributed by atoms with Gasteiger partial charge in [0.1, 0.15) is 11.3 Å². The van der Waals surface area contributed by atoms with Gasteiger partial charge >= 0.3 is 0 Å². The third kappa shape index (κ3) is 3.51. The molecule has 0 radical (unpaired) electrons. The van der Waals surface area contributed by atoms with E-state index >= 15 is 0 Å². The normalized spacial score (nSPS) is 17.5. The van der Waals surface area contributed by atoms with Crippen molar-refractivity contribution in [1.82, 2.24) is 25.3 Å². The average molecular weight is 348 g/mol. The van der Waals surface area contributed by atoms with Gasteiger partial charge in [-0.1, -0.05) is 0 Å². The Bertz CT molecular complexity index is 917. The van der Waals surface area contributed by atoms with Crippen molar-refractivity contribution in [3.63, 3.8) is 0 Å². The fourth-order valence-electron chi connectivity index (χ4n) is 3.60. The number of nitrogens with one attached hydrogen (secondary N) is 1. The van der Waals surface area contributed by atoms with Gasteiger partial charge in [-0.3, -0.25) is 15.0 Å². The molecule has 1 atom stereocenters. The first-order valence-electron chi connectivity index (χ1n) is 9.24. The molecule has 0 aromatic carbocycles. The SMILES string of the molecule is Cc1cc(-c2cc3nccnc3c(CCC3CCCNC3)n2)cnc1N. The molecule has 0 bridgehead atoms. The van der Waals surface area contributed by atoms with Crippen LogP contribution in [-0.2, 0) is 6.42 Å². The molecule has 1 fully saturated rings. The summed E-state index contributed by atoms with van der Waals surface area (Å²) in [6, 6.07) is 4.02. The number of nitrogens with zero attached hydrogens (tertiary/aromatic N) is 4. The summed E-state index contributed by atoms with van der Waals surface area (Å²) in [5, 5.41) is 3.49. The van der Waals surface area contributed by atoms with Crippen LogP contribution < -0.4 is 11.1 Å². The quantitative estimate of drug-likeness (QED) is 0.753. The molecule has 0 aliphatic carbocycles. The fourth-order valence-corrected chi connectivity index (χ4v) is 3.60. The van der Waals surface area contributed by atoms with Crippen LogP contribution in [0.1, 0.15) is 30.5 Å². The lowest BCUT2D eigenvalue weighted by molar-refractivity contribution is 0.357. The monoisotopic (exact) mass is 348 g/mol. The Balaban J connectivity index is 1.69. The summed E-state index contributed by atoms with van der Waals surface area (Å²) < 4.78 is 0. The fraction of sp³-hybridized carbons (Fsp3) is 0.400. The predicted molar refractivity (Wildman–Crippen MR) is 104 cm³/mol. The first-order chi connectivity index (χ1) is 12.7. The van der Waals surface area contributed by atoms with Crippen LogP contribution >= 0.6 is 0 Å². The molecule has 3 aromatic heterocycles. The number of nitrogens with two attached hydrogens (primary N) is 1. The summed E-state index contributed by atoms with van der Waals surface area (Å²) >= 11 is 0. The van der Waals surface area contributed by atoms with Crippen LogP contribution in [0.25, 0.3) is 22.3 Å². The van der Waals surface area contributed by atoms with E-state index in [4.69, 9.17) is 10.7 Å². The van der Waals surface area contributed by atoms with E-state index < -0.39 is 0 Å². The Morgan fingerprint density at radius 1 is 1.19 bits per heavy atom. The lowest BCUT2D eigenvalue weighted by Gasteiger charge is -2.22. The molecule has 1 aliphatic heterocycles. The van der Waals surface area contributed by atoms with Gasteiger partial charge in [-0.2, -0.15) is 0 Å². The molecule has 3 aromatic rings. The summed E-state index contributed by atoms with van der Waals surface area (Å²) in [7, 11) is 0. The summed E-state index contributed by atoms with van der Waals surface area (Å²) in [6.07, 6.45) is 9.83. The molecule has 0 amide bonds. The van der Waals surface area contributed by atoms with Crippen molar-refractivity contribution in [2.45, 2.75) is 32.6 Å². The van der Waals surface area contributed by atoms with Crippen LogP contribution in [-0.4, -0.2) is 33.0 Å². The highest BCUT2D eigenvalue weighted by molar-refractivity contribution is 5.81. The molecule has 4 rings (SSSR count). The largest absolute Gasteiger partial charge is 0.383 e. The summed E-state index contributed by atoms with van der Waals surface area (Å²) in [4.78, 5) is 18.2. The maximum absolute atomic E-state index is 5.86. The van der Waals surface area contributed by atoms with Gasteiger partial charge in [0, 0.05) is 24.2 Å². The molecule has 1 aliphatic rings. The maximum Gasteiger partial charge on any atom is 0.126 e. The standard InChI is InChI=1S/C20H24N6/c1-13-9-15(12-25-20(13)21)17-10-18-19(24-8-7-23-18)16(26-17)5-4-14-3-2-6-22-11-14/h7-10,12,14,22H,2-6,11H2,1H3,(H2,21,25). The topological polar surface area (TPSA) is 89.6 Å². The third-order valence-corrected chi connectivity index (χ3v) is 5.13. The van der Waals surface area contributed by atoms with E-state index in [1.165, 1.54) is 12.8 Å². The number of anilines is 1. The van der Waals surface area contributed by atoms with Gasteiger partial charge in [-0.15, -0.1) is 0 Å². The number of piperidine rings is 1. The molecule has 134 valence electrons. The van der Waals surface area contributed by atoms with Gasteiger partial charge in [0.15, 0.2) is 0 Å². The summed E-state index contributed by atoms with van der Waals surface area (Å²) in [5.41, 5.74) is 11.5. The molecule has 4 heterocycles. The highest BCUT2D eigenvalue weighted by atomic mass is 14.9. The molecular weight excluding hydrogens is 324 g/mol. The van der Waals surface area contributed by atoms with Crippen molar-refractivity contribution in [1.29, 1.82) is 0 Å². The molecule has 1 saturated heterocycles. The molecule has 0 saturated carbocycles. The van der Waals surface area contributed by atoms with E-state index in [1.54, 1.807) is 18.6 Å². The average Bonchev–Trinajstić information content (AvgIpc) is 2.69. The highest BCUT2D eigenvalue weighted by Gasteiger charge is 2.16. The predicted octanol–water partition coefficient (Wildman–Crippen LogP) is 2.91. The zero-order valence-corrected chi connectivity index (χ0v) is 15.1. The summed E-state index contributed by atoms with van der Waals surface area (Å²) in [6.45, 7) is 4.20. The van der Waals surface area contributed by atoms with Crippen molar-refractivity contribution < 1.29 is 0 Å². The maximum atomic E-state index is 5.86. The van der Waals surface area contributed by atoms with Gasteiger partial charge in [0.25, 0.3) is 0 Å². The van der Waals surface area contributed by atoms with Crippen molar-refractivity contribution in [2.24, 2.45) is 5.92 Å². The number of hydrogen-bond donors (Lipinski definition) is 2. The number of fused-ring (bicyclic) bond motifs is 1. The van der Waals surface area contributed by atoms with E-state index in [0.717, 1.165) is 59.5 Å². The smallest absolute Gasteiger partial charge is 0.126 e. The second kappa shape index (κ2) is 7.33. The van der Waals surface area contributed by atoms with Gasteiger partial charge in [0.05, 0.1) is 16.9 Å². The number of aryl methyl sites for hydroxylation is 2. The molecule has 0 spiro atoms. The van der Waals surface area contributed by atoms with E-state index in [1.807, 2.05) is 19.1 Å². The number of aromatic nitrogens is 4. The first kappa shape index (κ1) is 16.8. The van der Waals surface area contributed by atoms with Crippen LogP contribution in [0.3, 0.4) is 0 Å². The van der Waals surface area contributed by atoms with Crippen LogP contribution in [0.5, 0.6) is 0 Å². The molecule has 1 unspecified atom stereocenters. The van der Waals surface area contributed by atoms with E-state index in [-0.39, 0.29) is 0 Å². The first-order valence-corrected chi connectivity index (χ1v) is 9.24. The minimum absolute atomic E-state index is 0.555. The Labute approximate surface area is 153 Å². The van der Waals surface area contributed by atoms with Gasteiger partial charge in [-0.05, 0) is 69.3 Å². The lowest BCUT2D eigenvalue weighted by atomic mass is 9.93. The zero-order chi connectivity index (χ0) is 17.9. The third-order valence-electron chi connectivity index (χ3n) is 5.13. The molecule has 6 heteroatoms. The van der Waals surface area contributed by atoms with Crippen molar-refractivity contribution >= 4 is 16.9 Å². The Morgan fingerprint density at radius 3 is 2.88 bits per heavy atom. The van der Waals surface area contributed by atoms with E-state index in [9.17, 15) is 0 Å². The second-order valence-electron chi connectivity index (χ2n) is 7.06. The minimum Gasteiger partial charge on any atom is -0.383 e. The Hall–Kier alpha value is -2.60. The van der Waals surface area contributed by atoms with Crippen LogP contribution in [0, 0.1) is 12.8 Å². The minimum atomic E-state index is 0.555. The van der Waals surface area contributed by atoms with Crippen molar-refractivity contribution in [3.8, 4) is 11.3 Å². The number of pyridine rings is 2. The summed E-state index contributed by atoms with van der Waals surface area (Å²) in [5.74, 6) is 1.26. The number of nitrogen functional groups attached to an aromatic ring is 1. The lowest BCUT2D eigenvalue weighted by Crippen LogP contribution is -2.30. The van der Waals surface area contributed by atoms with Crippen LogP contribution in [0.2, 0.25) is 0 Å².